The number of likely N-dealkylation sites (tertiary alicyclic amines) is 1. The highest BCUT2D eigenvalue weighted by molar-refractivity contribution is 6.30. The van der Waals surface area contributed by atoms with Gasteiger partial charge in [0.15, 0.2) is 0 Å². The lowest BCUT2D eigenvalue weighted by atomic mass is 9.89. The Hall–Kier alpha value is -2.90. The van der Waals surface area contributed by atoms with Crippen LogP contribution in [0.1, 0.15) is 54.3 Å². The highest BCUT2D eigenvalue weighted by Gasteiger charge is 2.30. The fourth-order valence-electron chi connectivity index (χ4n) is 5.06. The number of imide groups is 1. The minimum absolute atomic E-state index is 0.223. The van der Waals surface area contributed by atoms with Crippen molar-refractivity contribution in [3.05, 3.63) is 68.5 Å². The lowest BCUT2D eigenvalue weighted by Crippen LogP contribution is -2.44. The molecule has 5 rings (SSSR count). The van der Waals surface area contributed by atoms with Crippen LogP contribution in [0.5, 0.6) is 0 Å². The maximum absolute atomic E-state index is 12.9. The highest BCUT2D eigenvalue weighted by atomic mass is 35.5. The summed E-state index contributed by atoms with van der Waals surface area (Å²) in [6.07, 6.45) is 2.67. The van der Waals surface area contributed by atoms with Crippen LogP contribution in [0.4, 0.5) is 0 Å². The van der Waals surface area contributed by atoms with Crippen LogP contribution in [0.2, 0.25) is 5.02 Å². The molecule has 1 aromatic heterocycles. The van der Waals surface area contributed by atoms with Gasteiger partial charge in [0.05, 0.1) is 10.9 Å². The molecule has 0 bridgehead atoms. The summed E-state index contributed by atoms with van der Waals surface area (Å²) in [5.74, 6) is -0.289. The van der Waals surface area contributed by atoms with E-state index in [1.807, 2.05) is 30.3 Å². The molecule has 33 heavy (non-hydrogen) atoms. The van der Waals surface area contributed by atoms with Crippen molar-refractivity contribution < 1.29 is 9.59 Å². The van der Waals surface area contributed by atoms with Crippen molar-refractivity contribution in [1.29, 1.82) is 0 Å². The SMILES string of the molecule is Cc1cc(Cl)ccc1CN1CCC(c2ccc3c(=O)n([C@H]4CCC(=O)NC4=O)[nH]c3c2)CC1. The molecule has 0 spiro atoms. The number of rotatable bonds is 4. The highest BCUT2D eigenvalue weighted by Crippen LogP contribution is 2.31. The van der Waals surface area contributed by atoms with E-state index in [9.17, 15) is 14.4 Å². The minimum Gasteiger partial charge on any atom is -0.299 e. The van der Waals surface area contributed by atoms with Crippen molar-refractivity contribution in [2.45, 2.75) is 51.1 Å². The largest absolute Gasteiger partial charge is 0.299 e. The number of halogens is 1. The fraction of sp³-hybridized carbons (Fsp3) is 0.400. The Kier molecular flexibility index (Phi) is 5.85. The van der Waals surface area contributed by atoms with Crippen LogP contribution in [0.15, 0.2) is 41.2 Å². The Morgan fingerprint density at radius 1 is 1.03 bits per heavy atom. The number of fused-ring (bicyclic) bond motifs is 1. The molecule has 2 fully saturated rings. The summed E-state index contributed by atoms with van der Waals surface area (Å²) >= 11 is 6.09. The third-order valence-corrected chi connectivity index (χ3v) is 7.25. The molecule has 8 heteroatoms. The standard InChI is InChI=1S/C25H27ClN4O3/c1-15-12-19(26)4-2-18(15)14-29-10-8-16(9-11-29)17-3-5-20-21(13-17)28-30(25(20)33)22-6-7-23(31)27-24(22)32/h2-5,12-13,16,22,28H,6-11,14H2,1H3,(H,27,31,32)/t22-/m0/s1. The van der Waals surface area contributed by atoms with Gasteiger partial charge in [-0.3, -0.25) is 29.7 Å². The van der Waals surface area contributed by atoms with Gasteiger partial charge >= 0.3 is 0 Å². The molecule has 0 aliphatic carbocycles. The second kappa shape index (κ2) is 8.80. The van der Waals surface area contributed by atoms with E-state index >= 15 is 0 Å². The van der Waals surface area contributed by atoms with E-state index < -0.39 is 11.9 Å². The number of nitrogens with zero attached hydrogens (tertiary/aromatic N) is 2. The van der Waals surface area contributed by atoms with Crippen LogP contribution in [0, 0.1) is 6.92 Å². The van der Waals surface area contributed by atoms with Crippen LogP contribution in [0.3, 0.4) is 0 Å². The summed E-state index contributed by atoms with van der Waals surface area (Å²) in [5.41, 5.74) is 4.26. The Labute approximate surface area is 196 Å². The lowest BCUT2D eigenvalue weighted by Gasteiger charge is -2.32. The smallest absolute Gasteiger partial charge is 0.275 e. The maximum Gasteiger partial charge on any atom is 0.275 e. The topological polar surface area (TPSA) is 87.2 Å². The normalized spacial score (nSPS) is 20.4. The van der Waals surface area contributed by atoms with Crippen molar-refractivity contribution in [1.82, 2.24) is 20.0 Å². The number of amides is 2. The molecule has 7 nitrogen and oxygen atoms in total. The fourth-order valence-corrected chi connectivity index (χ4v) is 5.28. The molecule has 2 N–H and O–H groups in total. The van der Waals surface area contributed by atoms with E-state index in [2.05, 4.69) is 28.3 Å². The van der Waals surface area contributed by atoms with E-state index in [1.165, 1.54) is 21.4 Å². The second-order valence-corrected chi connectivity index (χ2v) is 9.62. The lowest BCUT2D eigenvalue weighted by molar-refractivity contribution is -0.136. The molecular formula is C25H27ClN4O3. The van der Waals surface area contributed by atoms with Gasteiger partial charge in [-0.25, -0.2) is 4.68 Å². The Balaban J connectivity index is 1.29. The predicted molar refractivity (Wildman–Crippen MR) is 127 cm³/mol. The van der Waals surface area contributed by atoms with Crippen LogP contribution < -0.4 is 10.9 Å². The van der Waals surface area contributed by atoms with E-state index in [0.29, 0.717) is 17.7 Å². The van der Waals surface area contributed by atoms with Gasteiger partial charge < -0.3 is 0 Å². The molecule has 2 saturated heterocycles. The molecule has 0 unspecified atom stereocenters. The Morgan fingerprint density at radius 3 is 2.55 bits per heavy atom. The number of hydrogen-bond donors (Lipinski definition) is 2. The monoisotopic (exact) mass is 466 g/mol. The number of carbonyl (C=O) groups is 2. The first-order valence-electron chi connectivity index (χ1n) is 11.4. The summed E-state index contributed by atoms with van der Waals surface area (Å²) in [5, 5.41) is 6.78. The molecule has 2 aliphatic rings. The minimum atomic E-state index is -0.675. The number of piperidine rings is 2. The van der Waals surface area contributed by atoms with Gasteiger partial charge in [0, 0.05) is 18.0 Å². The van der Waals surface area contributed by atoms with Crippen molar-refractivity contribution in [2.75, 3.05) is 13.1 Å². The number of aromatic amines is 1. The van der Waals surface area contributed by atoms with Crippen molar-refractivity contribution in [3.63, 3.8) is 0 Å². The number of benzene rings is 2. The zero-order valence-corrected chi connectivity index (χ0v) is 19.3. The predicted octanol–water partition coefficient (Wildman–Crippen LogP) is 3.65. The molecule has 2 amide bonds. The maximum atomic E-state index is 12.9. The summed E-state index contributed by atoms with van der Waals surface area (Å²) in [6, 6.07) is 11.3. The van der Waals surface area contributed by atoms with Crippen molar-refractivity contribution in [3.8, 4) is 0 Å². The third kappa shape index (κ3) is 4.35. The van der Waals surface area contributed by atoms with Crippen molar-refractivity contribution in [2.24, 2.45) is 0 Å². The number of aromatic nitrogens is 2. The van der Waals surface area contributed by atoms with Gasteiger partial charge in [0.2, 0.25) is 5.91 Å². The molecule has 2 aromatic carbocycles. The van der Waals surface area contributed by atoms with E-state index in [1.54, 1.807) is 0 Å². The summed E-state index contributed by atoms with van der Waals surface area (Å²) in [6.45, 7) is 5.05. The van der Waals surface area contributed by atoms with Gasteiger partial charge in [-0.2, -0.15) is 0 Å². The number of H-pyrrole nitrogens is 1. The summed E-state index contributed by atoms with van der Waals surface area (Å²) in [7, 11) is 0. The Morgan fingerprint density at radius 2 is 1.82 bits per heavy atom. The Bertz CT molecular complexity index is 1290. The zero-order chi connectivity index (χ0) is 23.1. The number of hydrogen-bond acceptors (Lipinski definition) is 4. The molecule has 0 radical (unpaired) electrons. The molecule has 3 heterocycles. The average molecular weight is 467 g/mol. The second-order valence-electron chi connectivity index (χ2n) is 9.18. The van der Waals surface area contributed by atoms with Crippen LogP contribution in [-0.2, 0) is 16.1 Å². The molecule has 0 saturated carbocycles. The van der Waals surface area contributed by atoms with Crippen LogP contribution >= 0.6 is 11.6 Å². The molecule has 1 atom stereocenters. The van der Waals surface area contributed by atoms with Crippen molar-refractivity contribution >= 4 is 34.3 Å². The molecule has 3 aromatic rings. The summed E-state index contributed by atoms with van der Waals surface area (Å²) < 4.78 is 1.37. The van der Waals surface area contributed by atoms with Gasteiger partial charge in [0.25, 0.3) is 11.5 Å². The summed E-state index contributed by atoms with van der Waals surface area (Å²) in [4.78, 5) is 39.0. The van der Waals surface area contributed by atoms with E-state index in [-0.39, 0.29) is 17.9 Å². The third-order valence-electron chi connectivity index (χ3n) is 7.01. The number of carbonyl (C=O) groups excluding carboxylic acids is 2. The first kappa shape index (κ1) is 21.9. The zero-order valence-electron chi connectivity index (χ0n) is 18.6. The molecular weight excluding hydrogens is 440 g/mol. The van der Waals surface area contributed by atoms with Gasteiger partial charge in [-0.05, 0) is 86.1 Å². The van der Waals surface area contributed by atoms with Gasteiger partial charge in [-0.1, -0.05) is 23.7 Å². The molecule has 2 aliphatic heterocycles. The first-order valence-corrected chi connectivity index (χ1v) is 11.8. The quantitative estimate of drug-likeness (QED) is 0.574. The average Bonchev–Trinajstić information content (AvgIpc) is 3.12. The van der Waals surface area contributed by atoms with E-state index in [4.69, 9.17) is 11.6 Å². The van der Waals surface area contributed by atoms with E-state index in [0.717, 1.165) is 43.0 Å². The van der Waals surface area contributed by atoms with Gasteiger partial charge in [-0.15, -0.1) is 0 Å². The first-order chi connectivity index (χ1) is 15.9. The number of aryl methyl sites for hydroxylation is 1. The number of nitrogens with one attached hydrogen (secondary N) is 2. The van der Waals surface area contributed by atoms with Crippen LogP contribution in [-0.4, -0.2) is 39.6 Å². The van der Waals surface area contributed by atoms with Crippen LogP contribution in [0.25, 0.3) is 10.9 Å². The van der Waals surface area contributed by atoms with Gasteiger partial charge in [0.1, 0.15) is 6.04 Å². The molecule has 172 valence electrons.